The average Bonchev–Trinajstić information content (AvgIpc) is 3.29. The standard InChI is InChI=1S/C17H26N2O2/c1-5-21-16(20)17(18-3,14-9-10-14)12-19(4)15-8-6-7-13(2)11-15/h6-8,11,14,18H,5,9-10,12H2,1-4H3. The number of benzene rings is 1. The van der Waals surface area contributed by atoms with Gasteiger partial charge in [-0.25, -0.2) is 4.79 Å². The second-order valence-corrected chi connectivity index (χ2v) is 5.91. The van der Waals surface area contributed by atoms with E-state index in [4.69, 9.17) is 4.74 Å². The molecule has 1 aromatic carbocycles. The van der Waals surface area contributed by atoms with E-state index >= 15 is 0 Å². The lowest BCUT2D eigenvalue weighted by Gasteiger charge is -2.36. The molecule has 1 aliphatic rings. The van der Waals surface area contributed by atoms with Crippen molar-refractivity contribution in [3.63, 3.8) is 0 Å². The number of aryl methyl sites for hydroxylation is 1. The van der Waals surface area contributed by atoms with Crippen molar-refractivity contribution in [1.29, 1.82) is 0 Å². The van der Waals surface area contributed by atoms with Gasteiger partial charge in [0.1, 0.15) is 5.54 Å². The van der Waals surface area contributed by atoms with Gasteiger partial charge in [0.05, 0.1) is 6.61 Å². The van der Waals surface area contributed by atoms with Crippen LogP contribution in [0, 0.1) is 12.8 Å². The van der Waals surface area contributed by atoms with Gasteiger partial charge in [0.25, 0.3) is 0 Å². The summed E-state index contributed by atoms with van der Waals surface area (Å²) in [7, 11) is 3.89. The first-order valence-electron chi connectivity index (χ1n) is 7.67. The zero-order valence-electron chi connectivity index (χ0n) is 13.5. The molecule has 0 aromatic heterocycles. The van der Waals surface area contributed by atoms with Gasteiger partial charge in [-0.05, 0) is 57.4 Å². The number of likely N-dealkylation sites (N-methyl/N-ethyl adjacent to an activating group) is 2. The van der Waals surface area contributed by atoms with Crippen LogP contribution in [0.5, 0.6) is 0 Å². The SMILES string of the molecule is CCOC(=O)C(CN(C)c1cccc(C)c1)(NC)C1CC1. The third-order valence-electron chi connectivity index (χ3n) is 4.29. The van der Waals surface area contributed by atoms with Gasteiger partial charge < -0.3 is 15.0 Å². The number of carbonyl (C=O) groups is 1. The van der Waals surface area contributed by atoms with Crippen LogP contribution in [0.3, 0.4) is 0 Å². The molecule has 0 bridgehead atoms. The van der Waals surface area contributed by atoms with Crippen molar-refractivity contribution < 1.29 is 9.53 Å². The monoisotopic (exact) mass is 290 g/mol. The van der Waals surface area contributed by atoms with Gasteiger partial charge in [-0.2, -0.15) is 0 Å². The highest BCUT2D eigenvalue weighted by atomic mass is 16.5. The minimum atomic E-state index is -0.603. The van der Waals surface area contributed by atoms with Gasteiger partial charge in [0, 0.05) is 19.3 Å². The van der Waals surface area contributed by atoms with Gasteiger partial charge in [-0.1, -0.05) is 12.1 Å². The molecular weight excluding hydrogens is 264 g/mol. The molecule has 1 N–H and O–H groups in total. The van der Waals surface area contributed by atoms with Crippen LogP contribution in [0.15, 0.2) is 24.3 Å². The number of esters is 1. The van der Waals surface area contributed by atoms with E-state index in [2.05, 4.69) is 35.3 Å². The van der Waals surface area contributed by atoms with Crippen LogP contribution in [0.2, 0.25) is 0 Å². The first-order chi connectivity index (χ1) is 10.0. The molecule has 21 heavy (non-hydrogen) atoms. The molecule has 4 nitrogen and oxygen atoms in total. The molecule has 1 fully saturated rings. The van der Waals surface area contributed by atoms with E-state index in [9.17, 15) is 4.79 Å². The van der Waals surface area contributed by atoms with E-state index in [0.29, 0.717) is 19.1 Å². The van der Waals surface area contributed by atoms with E-state index < -0.39 is 5.54 Å². The number of hydrogen-bond donors (Lipinski definition) is 1. The Kier molecular flexibility index (Phi) is 4.88. The van der Waals surface area contributed by atoms with Crippen LogP contribution >= 0.6 is 0 Å². The molecule has 1 atom stereocenters. The van der Waals surface area contributed by atoms with Crippen LogP contribution in [0.1, 0.15) is 25.3 Å². The van der Waals surface area contributed by atoms with Crippen molar-refractivity contribution in [2.75, 3.05) is 32.1 Å². The quantitative estimate of drug-likeness (QED) is 0.783. The number of nitrogens with one attached hydrogen (secondary N) is 1. The molecule has 0 aliphatic heterocycles. The van der Waals surface area contributed by atoms with Crippen molar-refractivity contribution in [3.8, 4) is 0 Å². The average molecular weight is 290 g/mol. The summed E-state index contributed by atoms with van der Waals surface area (Å²) in [5.41, 5.74) is 1.74. The summed E-state index contributed by atoms with van der Waals surface area (Å²) >= 11 is 0. The van der Waals surface area contributed by atoms with E-state index in [1.54, 1.807) is 0 Å². The van der Waals surface area contributed by atoms with E-state index in [-0.39, 0.29) is 5.97 Å². The Morgan fingerprint density at radius 3 is 2.71 bits per heavy atom. The molecule has 0 radical (unpaired) electrons. The van der Waals surface area contributed by atoms with E-state index in [1.807, 2.05) is 27.1 Å². The Hall–Kier alpha value is -1.55. The van der Waals surface area contributed by atoms with E-state index in [1.165, 1.54) is 5.56 Å². The largest absolute Gasteiger partial charge is 0.465 e. The molecule has 0 saturated heterocycles. The van der Waals surface area contributed by atoms with Gasteiger partial charge >= 0.3 is 5.97 Å². The molecule has 4 heteroatoms. The topological polar surface area (TPSA) is 41.6 Å². The van der Waals surface area contributed by atoms with E-state index in [0.717, 1.165) is 18.5 Å². The molecule has 0 heterocycles. The highest BCUT2D eigenvalue weighted by Gasteiger charge is 2.51. The normalized spacial score (nSPS) is 17.1. The predicted molar refractivity (Wildman–Crippen MR) is 85.6 cm³/mol. The zero-order valence-corrected chi connectivity index (χ0v) is 13.5. The maximum absolute atomic E-state index is 12.5. The summed E-state index contributed by atoms with van der Waals surface area (Å²) < 4.78 is 5.33. The second kappa shape index (κ2) is 6.48. The Morgan fingerprint density at radius 2 is 2.19 bits per heavy atom. The van der Waals surface area contributed by atoms with Gasteiger partial charge in [0.15, 0.2) is 0 Å². The maximum atomic E-state index is 12.5. The molecule has 0 amide bonds. The summed E-state index contributed by atoms with van der Waals surface area (Å²) in [6, 6.07) is 8.34. The number of nitrogens with zero attached hydrogens (tertiary/aromatic N) is 1. The Balaban J connectivity index is 2.20. The number of anilines is 1. The first-order valence-corrected chi connectivity index (χ1v) is 7.67. The lowest BCUT2D eigenvalue weighted by molar-refractivity contribution is -0.151. The van der Waals surface area contributed by atoms with Crippen LogP contribution in [-0.4, -0.2) is 38.8 Å². The Bertz CT molecular complexity index is 499. The number of ether oxygens (including phenoxy) is 1. The lowest BCUT2D eigenvalue weighted by atomic mass is 9.92. The highest BCUT2D eigenvalue weighted by molar-refractivity contribution is 5.83. The molecule has 1 aliphatic carbocycles. The number of carbonyl (C=O) groups excluding carboxylic acids is 1. The zero-order chi connectivity index (χ0) is 15.5. The van der Waals surface area contributed by atoms with Gasteiger partial charge in [-0.3, -0.25) is 0 Å². The first kappa shape index (κ1) is 15.8. The minimum absolute atomic E-state index is 0.130. The molecular formula is C17H26N2O2. The molecule has 116 valence electrons. The summed E-state index contributed by atoms with van der Waals surface area (Å²) in [6.07, 6.45) is 2.17. The van der Waals surface area contributed by atoms with Crippen LogP contribution < -0.4 is 10.2 Å². The maximum Gasteiger partial charge on any atom is 0.328 e. The Morgan fingerprint density at radius 1 is 1.48 bits per heavy atom. The predicted octanol–water partition coefficient (Wildman–Crippen LogP) is 2.36. The van der Waals surface area contributed by atoms with Crippen molar-refractivity contribution in [2.24, 2.45) is 5.92 Å². The molecule has 2 rings (SSSR count). The molecule has 0 spiro atoms. The molecule has 1 saturated carbocycles. The third-order valence-corrected chi connectivity index (χ3v) is 4.29. The van der Waals surface area contributed by atoms with Crippen molar-refractivity contribution >= 4 is 11.7 Å². The van der Waals surface area contributed by atoms with Crippen molar-refractivity contribution in [1.82, 2.24) is 5.32 Å². The summed E-state index contributed by atoms with van der Waals surface area (Å²) in [5, 5.41) is 3.26. The number of rotatable bonds is 7. The molecule has 1 aromatic rings. The van der Waals surface area contributed by atoms with Crippen LogP contribution in [-0.2, 0) is 9.53 Å². The minimum Gasteiger partial charge on any atom is -0.465 e. The van der Waals surface area contributed by atoms with Crippen LogP contribution in [0.4, 0.5) is 5.69 Å². The fraction of sp³-hybridized carbons (Fsp3) is 0.588. The summed E-state index contributed by atoms with van der Waals surface area (Å²) in [4.78, 5) is 14.6. The van der Waals surface area contributed by atoms with Crippen LogP contribution in [0.25, 0.3) is 0 Å². The lowest BCUT2D eigenvalue weighted by Crippen LogP contribution is -2.59. The summed E-state index contributed by atoms with van der Waals surface area (Å²) in [6.45, 7) is 4.98. The second-order valence-electron chi connectivity index (χ2n) is 5.91. The van der Waals surface area contributed by atoms with Gasteiger partial charge in [0.2, 0.25) is 0 Å². The molecule has 1 unspecified atom stereocenters. The summed E-state index contributed by atoms with van der Waals surface area (Å²) in [5.74, 6) is 0.239. The van der Waals surface area contributed by atoms with Crippen molar-refractivity contribution in [2.45, 2.75) is 32.2 Å². The van der Waals surface area contributed by atoms with Gasteiger partial charge in [-0.15, -0.1) is 0 Å². The fourth-order valence-corrected chi connectivity index (χ4v) is 2.91. The highest BCUT2D eigenvalue weighted by Crippen LogP contribution is 2.41. The third kappa shape index (κ3) is 3.38. The fourth-order valence-electron chi connectivity index (χ4n) is 2.91. The smallest absolute Gasteiger partial charge is 0.328 e. The number of hydrogen-bond acceptors (Lipinski definition) is 4. The van der Waals surface area contributed by atoms with Crippen molar-refractivity contribution in [3.05, 3.63) is 29.8 Å². The Labute approximate surface area is 127 Å².